The van der Waals surface area contributed by atoms with Gasteiger partial charge in [0.05, 0.1) is 0 Å². The van der Waals surface area contributed by atoms with Crippen molar-refractivity contribution in [1.29, 1.82) is 0 Å². The lowest BCUT2D eigenvalue weighted by molar-refractivity contribution is 0.684. The molecule has 104 valence electrons. The average Bonchev–Trinajstić information content (AvgIpc) is 2.38. The van der Waals surface area contributed by atoms with E-state index >= 15 is 0 Å². The molecule has 0 saturated heterocycles. The number of rotatable bonds is 6. The van der Waals surface area contributed by atoms with Gasteiger partial charge in [0.15, 0.2) is 0 Å². The van der Waals surface area contributed by atoms with Crippen molar-refractivity contribution in [2.45, 2.75) is 60.8 Å². The van der Waals surface area contributed by atoms with Gasteiger partial charge in [-0.2, -0.15) is 0 Å². The van der Waals surface area contributed by atoms with Crippen LogP contribution in [0.15, 0.2) is 18.2 Å². The number of hydrogen-bond acceptors (Lipinski definition) is 1. The topological polar surface area (TPSA) is 3.24 Å². The third kappa shape index (κ3) is 5.57. The van der Waals surface area contributed by atoms with Gasteiger partial charge >= 0.3 is 0 Å². The number of hydrogen-bond donors (Lipinski definition) is 0. The van der Waals surface area contributed by atoms with E-state index in [1.54, 1.807) is 0 Å². The molecule has 0 saturated carbocycles. The quantitative estimate of drug-likeness (QED) is 0.615. The molecule has 0 aromatic heterocycles. The lowest BCUT2D eigenvalue weighted by Gasteiger charge is -2.25. The minimum atomic E-state index is 1.10. The summed E-state index contributed by atoms with van der Waals surface area (Å²) in [5.74, 6) is 0. The van der Waals surface area contributed by atoms with Gasteiger partial charge in [-0.1, -0.05) is 51.3 Å². The van der Waals surface area contributed by atoms with Crippen molar-refractivity contribution in [3.8, 4) is 0 Å². The van der Waals surface area contributed by atoms with E-state index in [0.717, 1.165) is 6.54 Å². The summed E-state index contributed by atoms with van der Waals surface area (Å²) in [5, 5.41) is 0. The first-order chi connectivity index (χ1) is 8.69. The molecule has 0 unspecified atom stereocenters. The molecule has 1 nitrogen and oxygen atoms in total. The fourth-order valence-electron chi connectivity index (χ4n) is 2.16. The smallest absolute Gasteiger partial charge is 0.0395 e. The van der Waals surface area contributed by atoms with E-state index in [1.807, 2.05) is 13.8 Å². The SMILES string of the molecule is CC.CCCCCN(CC)c1ccc(C)cc1C. The predicted molar refractivity (Wildman–Crippen MR) is 84.7 cm³/mol. The van der Waals surface area contributed by atoms with E-state index in [0.29, 0.717) is 0 Å². The summed E-state index contributed by atoms with van der Waals surface area (Å²) in [4.78, 5) is 2.49. The van der Waals surface area contributed by atoms with Gasteiger partial charge in [-0.15, -0.1) is 0 Å². The third-order valence-electron chi connectivity index (χ3n) is 3.11. The Balaban J connectivity index is 0.00000137. The standard InChI is InChI=1S/C15H25N.C2H6/c1-5-7-8-11-16(6-2)15-10-9-13(3)12-14(15)4;1-2/h9-10,12H,5-8,11H2,1-4H3;1-2H3. The van der Waals surface area contributed by atoms with E-state index < -0.39 is 0 Å². The van der Waals surface area contributed by atoms with Crippen LogP contribution in [-0.4, -0.2) is 13.1 Å². The molecule has 0 aliphatic carbocycles. The van der Waals surface area contributed by atoms with Crippen LogP contribution < -0.4 is 4.90 Å². The van der Waals surface area contributed by atoms with Crippen molar-refractivity contribution in [3.05, 3.63) is 29.3 Å². The van der Waals surface area contributed by atoms with E-state index in [9.17, 15) is 0 Å². The monoisotopic (exact) mass is 249 g/mol. The van der Waals surface area contributed by atoms with Crippen LogP contribution in [0.1, 0.15) is 58.1 Å². The summed E-state index contributed by atoms with van der Waals surface area (Å²) >= 11 is 0. The van der Waals surface area contributed by atoms with Gasteiger partial charge in [-0.3, -0.25) is 0 Å². The molecule has 0 heterocycles. The Hall–Kier alpha value is -0.980. The second kappa shape index (κ2) is 9.99. The summed E-state index contributed by atoms with van der Waals surface area (Å²) in [7, 11) is 0. The van der Waals surface area contributed by atoms with Crippen molar-refractivity contribution in [2.75, 3.05) is 18.0 Å². The van der Waals surface area contributed by atoms with E-state index in [4.69, 9.17) is 0 Å². The largest absolute Gasteiger partial charge is 0.372 e. The van der Waals surface area contributed by atoms with E-state index in [2.05, 4.69) is 50.8 Å². The summed E-state index contributed by atoms with van der Waals surface area (Å²) in [6.07, 6.45) is 3.93. The Kier molecular flexibility index (Phi) is 9.45. The number of nitrogens with zero attached hydrogens (tertiary/aromatic N) is 1. The Morgan fingerprint density at radius 2 is 1.67 bits per heavy atom. The molecule has 0 amide bonds. The Bertz CT molecular complexity index is 317. The number of aryl methyl sites for hydroxylation is 2. The summed E-state index contributed by atoms with van der Waals surface area (Å²) in [5.41, 5.74) is 4.16. The second-order valence-corrected chi connectivity index (χ2v) is 4.58. The highest BCUT2D eigenvalue weighted by molar-refractivity contribution is 5.54. The highest BCUT2D eigenvalue weighted by Crippen LogP contribution is 2.21. The molecule has 0 spiro atoms. The fourth-order valence-corrected chi connectivity index (χ4v) is 2.16. The lowest BCUT2D eigenvalue weighted by Crippen LogP contribution is -2.24. The van der Waals surface area contributed by atoms with Crippen molar-refractivity contribution in [2.24, 2.45) is 0 Å². The maximum Gasteiger partial charge on any atom is 0.0395 e. The Morgan fingerprint density at radius 1 is 1.00 bits per heavy atom. The van der Waals surface area contributed by atoms with Gasteiger partial charge < -0.3 is 4.90 Å². The van der Waals surface area contributed by atoms with Gasteiger partial charge in [0.2, 0.25) is 0 Å². The molecule has 0 radical (unpaired) electrons. The van der Waals surface area contributed by atoms with Gasteiger partial charge in [-0.25, -0.2) is 0 Å². The van der Waals surface area contributed by atoms with Crippen LogP contribution in [0.5, 0.6) is 0 Å². The molecule has 1 aromatic rings. The minimum Gasteiger partial charge on any atom is -0.372 e. The molecule has 0 fully saturated rings. The molecule has 1 aromatic carbocycles. The molecule has 0 atom stereocenters. The lowest BCUT2D eigenvalue weighted by atomic mass is 10.1. The van der Waals surface area contributed by atoms with Crippen LogP contribution in [0, 0.1) is 13.8 Å². The Morgan fingerprint density at radius 3 is 2.17 bits per heavy atom. The van der Waals surface area contributed by atoms with Crippen LogP contribution in [-0.2, 0) is 0 Å². The van der Waals surface area contributed by atoms with Crippen molar-refractivity contribution >= 4 is 5.69 Å². The fraction of sp³-hybridized carbons (Fsp3) is 0.647. The zero-order valence-electron chi connectivity index (χ0n) is 13.2. The predicted octanol–water partition coefficient (Wildman–Crippen LogP) is 5.35. The average molecular weight is 249 g/mol. The molecule has 18 heavy (non-hydrogen) atoms. The van der Waals surface area contributed by atoms with E-state index in [1.165, 1.54) is 42.6 Å². The first kappa shape index (κ1) is 17.0. The zero-order chi connectivity index (χ0) is 14.0. The first-order valence-electron chi connectivity index (χ1n) is 7.51. The normalized spacial score (nSPS) is 9.67. The number of anilines is 1. The maximum atomic E-state index is 2.49. The van der Waals surface area contributed by atoms with Gasteiger partial charge in [0.25, 0.3) is 0 Å². The van der Waals surface area contributed by atoms with Crippen molar-refractivity contribution in [3.63, 3.8) is 0 Å². The van der Waals surface area contributed by atoms with E-state index in [-0.39, 0.29) is 0 Å². The van der Waals surface area contributed by atoms with Gasteiger partial charge in [0, 0.05) is 18.8 Å². The molecule has 0 aliphatic rings. The molecule has 0 N–H and O–H groups in total. The molecular formula is C17H31N. The van der Waals surface area contributed by atoms with Gasteiger partial charge in [-0.05, 0) is 38.8 Å². The van der Waals surface area contributed by atoms with Crippen LogP contribution in [0.2, 0.25) is 0 Å². The molecule has 0 aliphatic heterocycles. The molecule has 1 rings (SSSR count). The molecule has 1 heteroatoms. The van der Waals surface area contributed by atoms with Crippen LogP contribution >= 0.6 is 0 Å². The maximum absolute atomic E-state index is 2.49. The number of benzene rings is 1. The summed E-state index contributed by atoms with van der Waals surface area (Å²) < 4.78 is 0. The van der Waals surface area contributed by atoms with Gasteiger partial charge in [0.1, 0.15) is 0 Å². The van der Waals surface area contributed by atoms with Crippen LogP contribution in [0.4, 0.5) is 5.69 Å². The summed E-state index contributed by atoms with van der Waals surface area (Å²) in [6.45, 7) is 15.2. The highest BCUT2D eigenvalue weighted by atomic mass is 15.1. The second-order valence-electron chi connectivity index (χ2n) is 4.58. The Labute approximate surface area is 114 Å². The van der Waals surface area contributed by atoms with Crippen LogP contribution in [0.25, 0.3) is 0 Å². The van der Waals surface area contributed by atoms with Crippen LogP contribution in [0.3, 0.4) is 0 Å². The number of unbranched alkanes of at least 4 members (excludes halogenated alkanes) is 2. The van der Waals surface area contributed by atoms with Crippen molar-refractivity contribution < 1.29 is 0 Å². The van der Waals surface area contributed by atoms with Crippen molar-refractivity contribution in [1.82, 2.24) is 0 Å². The summed E-state index contributed by atoms with van der Waals surface area (Å²) in [6, 6.07) is 6.75. The minimum absolute atomic E-state index is 1.10. The molecular weight excluding hydrogens is 218 g/mol. The zero-order valence-corrected chi connectivity index (χ0v) is 13.2. The first-order valence-corrected chi connectivity index (χ1v) is 7.51. The molecule has 0 bridgehead atoms. The highest BCUT2D eigenvalue weighted by Gasteiger charge is 2.06. The third-order valence-corrected chi connectivity index (χ3v) is 3.11.